The maximum atomic E-state index is 12.4. The minimum absolute atomic E-state index is 0.301. The van der Waals surface area contributed by atoms with Gasteiger partial charge < -0.3 is 5.32 Å². The van der Waals surface area contributed by atoms with E-state index >= 15 is 0 Å². The second kappa shape index (κ2) is 6.60. The van der Waals surface area contributed by atoms with E-state index in [1.807, 2.05) is 17.5 Å². The summed E-state index contributed by atoms with van der Waals surface area (Å²) in [6, 6.07) is 3.76. The number of thioether (sulfide) groups is 2. The number of rotatable bonds is 4. The average molecular weight is 327 g/mol. The molecule has 0 saturated carbocycles. The molecule has 1 aliphatic rings. The molecule has 0 aliphatic carbocycles. The quantitative estimate of drug-likeness (QED) is 0.678. The van der Waals surface area contributed by atoms with Crippen LogP contribution in [0.15, 0.2) is 23.6 Å². The highest BCUT2D eigenvalue weighted by Crippen LogP contribution is 2.35. The van der Waals surface area contributed by atoms with Crippen molar-refractivity contribution in [3.05, 3.63) is 28.5 Å². The first-order valence-electron chi connectivity index (χ1n) is 5.90. The Labute approximate surface area is 129 Å². The van der Waals surface area contributed by atoms with Gasteiger partial charge in [-0.1, -0.05) is 17.8 Å². The van der Waals surface area contributed by atoms with Gasteiger partial charge in [-0.2, -0.15) is 0 Å². The summed E-state index contributed by atoms with van der Waals surface area (Å²) in [6.45, 7) is 1.31. The summed E-state index contributed by atoms with van der Waals surface area (Å²) in [7, 11) is 0. The second-order valence-corrected chi connectivity index (χ2v) is 7.42. The molecule has 1 N–H and O–H groups in total. The number of nitrogens with one attached hydrogen (secondary N) is 1. The molecule has 1 fully saturated rings. The molecule has 0 aromatic carbocycles. The lowest BCUT2D eigenvalue weighted by molar-refractivity contribution is -0.130. The van der Waals surface area contributed by atoms with Crippen molar-refractivity contribution >= 4 is 57.7 Å². The predicted octanol–water partition coefficient (Wildman–Crippen LogP) is 2.17. The van der Waals surface area contributed by atoms with Crippen LogP contribution in [-0.4, -0.2) is 33.2 Å². The van der Waals surface area contributed by atoms with Gasteiger partial charge in [0.25, 0.3) is 0 Å². The average Bonchev–Trinajstić information content (AvgIpc) is 2.91. The molecule has 1 unspecified atom stereocenters. The fourth-order valence-electron chi connectivity index (χ4n) is 1.72. The van der Waals surface area contributed by atoms with Crippen LogP contribution in [0.2, 0.25) is 0 Å². The Hall–Kier alpha value is -1.05. The zero-order chi connectivity index (χ0) is 14.6. The first-order valence-corrected chi connectivity index (χ1v) is 8.75. The van der Waals surface area contributed by atoms with E-state index in [2.05, 4.69) is 5.32 Å². The van der Waals surface area contributed by atoms with Gasteiger partial charge in [-0.25, -0.2) is 0 Å². The molecular weight excluding hydrogens is 314 g/mol. The third-order valence-corrected chi connectivity index (χ3v) is 6.10. The van der Waals surface area contributed by atoms with E-state index in [1.165, 1.54) is 36.1 Å². The van der Waals surface area contributed by atoms with Gasteiger partial charge in [0.2, 0.25) is 15.9 Å². The molecule has 106 valence electrons. The zero-order valence-corrected chi connectivity index (χ0v) is 13.2. The van der Waals surface area contributed by atoms with Gasteiger partial charge in [0.15, 0.2) is 5.78 Å². The first-order chi connectivity index (χ1) is 9.54. The maximum Gasteiger partial charge on any atom is 0.233 e. The fourth-order valence-corrected chi connectivity index (χ4v) is 4.75. The van der Waals surface area contributed by atoms with Crippen LogP contribution in [0.25, 0.3) is 6.08 Å². The van der Waals surface area contributed by atoms with Crippen molar-refractivity contribution in [2.45, 2.75) is 11.8 Å². The Kier molecular flexibility index (Phi) is 5.06. The third-order valence-electron chi connectivity index (χ3n) is 2.56. The summed E-state index contributed by atoms with van der Waals surface area (Å²) in [6.07, 6.45) is 3.04. The zero-order valence-electron chi connectivity index (χ0n) is 10.8. The normalized spacial score (nSPS) is 22.9. The van der Waals surface area contributed by atoms with Crippen molar-refractivity contribution in [1.29, 1.82) is 0 Å². The van der Waals surface area contributed by atoms with Crippen molar-refractivity contribution in [3.8, 4) is 0 Å². The fraction of sp³-hybridized carbons (Fsp3) is 0.308. The summed E-state index contributed by atoms with van der Waals surface area (Å²) in [5.74, 6) is 0.539. The van der Waals surface area contributed by atoms with Crippen LogP contribution in [0.4, 0.5) is 0 Å². The van der Waals surface area contributed by atoms with Crippen molar-refractivity contribution < 1.29 is 14.4 Å². The van der Waals surface area contributed by atoms with E-state index in [1.54, 1.807) is 6.08 Å². The molecule has 2 rings (SSSR count). The molecule has 0 bridgehead atoms. The van der Waals surface area contributed by atoms with Crippen molar-refractivity contribution in [3.63, 3.8) is 0 Å². The second-order valence-electron chi connectivity index (χ2n) is 4.06. The Morgan fingerprint density at radius 1 is 1.40 bits per heavy atom. The topological polar surface area (TPSA) is 63.2 Å². The number of carbonyl (C=O) groups is 3. The molecular formula is C13H13NO3S3. The first kappa shape index (κ1) is 15.3. The van der Waals surface area contributed by atoms with Gasteiger partial charge in [-0.3, -0.25) is 14.4 Å². The summed E-state index contributed by atoms with van der Waals surface area (Å²) in [4.78, 5) is 35.3. The summed E-state index contributed by atoms with van der Waals surface area (Å²) >= 11 is 3.79. The molecule has 0 spiro atoms. The molecule has 0 radical (unpaired) electrons. The van der Waals surface area contributed by atoms with Crippen LogP contribution < -0.4 is 5.32 Å². The highest BCUT2D eigenvalue weighted by Gasteiger charge is 2.47. The SMILES string of the molecule is CC(=O)NC1(C(=O)/C=C/c2cccs2)SCCSC1=O. The molecule has 7 heteroatoms. The molecule has 1 aromatic rings. The molecule has 2 heterocycles. The van der Waals surface area contributed by atoms with Crippen LogP contribution in [-0.2, 0) is 14.4 Å². The van der Waals surface area contributed by atoms with Gasteiger partial charge in [-0.05, 0) is 23.6 Å². The molecule has 1 amide bonds. The van der Waals surface area contributed by atoms with Crippen LogP contribution in [0.3, 0.4) is 0 Å². The molecule has 1 aromatic heterocycles. The lowest BCUT2D eigenvalue weighted by atomic mass is 10.1. The van der Waals surface area contributed by atoms with Gasteiger partial charge >= 0.3 is 0 Å². The maximum absolute atomic E-state index is 12.4. The largest absolute Gasteiger partial charge is 0.328 e. The number of thiophene rings is 1. The Bertz CT molecular complexity index is 553. The smallest absolute Gasteiger partial charge is 0.233 e. The third kappa shape index (κ3) is 3.34. The van der Waals surface area contributed by atoms with E-state index in [0.29, 0.717) is 11.5 Å². The molecule has 20 heavy (non-hydrogen) atoms. The van der Waals surface area contributed by atoms with E-state index in [9.17, 15) is 14.4 Å². The summed E-state index contributed by atoms with van der Waals surface area (Å²) in [5, 5.41) is 4.14. The Balaban J connectivity index is 2.24. The minimum Gasteiger partial charge on any atom is -0.328 e. The van der Waals surface area contributed by atoms with Crippen LogP contribution in [0.5, 0.6) is 0 Å². The number of hydrogen-bond donors (Lipinski definition) is 1. The molecule has 1 saturated heterocycles. The van der Waals surface area contributed by atoms with Crippen molar-refractivity contribution in [2.75, 3.05) is 11.5 Å². The number of amides is 1. The molecule has 1 aliphatic heterocycles. The van der Waals surface area contributed by atoms with Gasteiger partial charge in [0.1, 0.15) is 0 Å². The van der Waals surface area contributed by atoms with E-state index < -0.39 is 4.87 Å². The monoisotopic (exact) mass is 327 g/mol. The number of hydrogen-bond acceptors (Lipinski definition) is 6. The van der Waals surface area contributed by atoms with Crippen molar-refractivity contribution in [1.82, 2.24) is 5.32 Å². The standard InChI is InChI=1S/C13H13NO3S3/c1-9(15)14-13(12(17)19-7-8-20-13)11(16)5-4-10-3-2-6-18-10/h2-6H,7-8H2,1H3,(H,14,15)/b5-4+. The summed E-state index contributed by atoms with van der Waals surface area (Å²) in [5.41, 5.74) is 0. The van der Waals surface area contributed by atoms with E-state index in [-0.39, 0.29) is 16.8 Å². The predicted molar refractivity (Wildman–Crippen MR) is 84.8 cm³/mol. The highest BCUT2D eigenvalue weighted by atomic mass is 32.2. The van der Waals surface area contributed by atoms with Gasteiger partial charge in [0.05, 0.1) is 0 Å². The van der Waals surface area contributed by atoms with Crippen LogP contribution >= 0.6 is 34.9 Å². The Morgan fingerprint density at radius 2 is 2.20 bits per heavy atom. The van der Waals surface area contributed by atoms with Gasteiger partial charge in [0, 0.05) is 23.3 Å². The van der Waals surface area contributed by atoms with Crippen LogP contribution in [0, 0.1) is 0 Å². The highest BCUT2D eigenvalue weighted by molar-refractivity contribution is 8.19. The number of ketones is 1. The van der Waals surface area contributed by atoms with Crippen LogP contribution in [0.1, 0.15) is 11.8 Å². The van der Waals surface area contributed by atoms with Gasteiger partial charge in [-0.15, -0.1) is 23.1 Å². The van der Waals surface area contributed by atoms with Crippen molar-refractivity contribution in [2.24, 2.45) is 0 Å². The van der Waals surface area contributed by atoms with E-state index in [4.69, 9.17) is 0 Å². The number of carbonyl (C=O) groups excluding carboxylic acids is 3. The lowest BCUT2D eigenvalue weighted by Gasteiger charge is -2.32. The molecule has 4 nitrogen and oxygen atoms in total. The van der Waals surface area contributed by atoms with E-state index in [0.717, 1.165) is 16.6 Å². The minimum atomic E-state index is -1.47. The Morgan fingerprint density at radius 3 is 2.80 bits per heavy atom. The molecule has 1 atom stereocenters. The summed E-state index contributed by atoms with van der Waals surface area (Å²) < 4.78 is 0. The lowest BCUT2D eigenvalue weighted by Crippen LogP contribution is -2.57.